The molecule has 148 valence electrons. The molecule has 0 saturated heterocycles. The maximum Gasteiger partial charge on any atom is 0.309 e. The van der Waals surface area contributed by atoms with Crippen molar-refractivity contribution in [3.05, 3.63) is 65.8 Å². The van der Waals surface area contributed by atoms with Crippen LogP contribution in [0.3, 0.4) is 0 Å². The first-order chi connectivity index (χ1) is 13.8. The Morgan fingerprint density at radius 1 is 1.21 bits per heavy atom. The topological polar surface area (TPSA) is 98.2 Å². The summed E-state index contributed by atoms with van der Waals surface area (Å²) in [5.74, 6) is 0.0210. The fourth-order valence-electron chi connectivity index (χ4n) is 3.00. The third-order valence-electron chi connectivity index (χ3n) is 4.65. The predicted octanol–water partition coefficient (Wildman–Crippen LogP) is 3.32. The number of rotatable bonds is 4. The zero-order valence-electron chi connectivity index (χ0n) is 16.8. The summed E-state index contributed by atoms with van der Waals surface area (Å²) in [6.07, 6.45) is 3.43. The fourth-order valence-corrected chi connectivity index (χ4v) is 3.00. The Morgan fingerprint density at radius 3 is 2.76 bits per heavy atom. The molecule has 4 rings (SSSR count). The number of aryl methyl sites for hydroxylation is 1. The number of aromatic nitrogens is 5. The molecule has 3 heterocycles. The van der Waals surface area contributed by atoms with Crippen LogP contribution >= 0.6 is 0 Å². The second-order valence-corrected chi connectivity index (χ2v) is 7.93. The fraction of sp³-hybridized carbons (Fsp3) is 0.286. The number of nitrogens with zero attached hydrogens (tertiary/aromatic N) is 5. The molecule has 1 N–H and O–H groups in total. The number of amides is 1. The summed E-state index contributed by atoms with van der Waals surface area (Å²) in [5, 5.41) is 14.8. The van der Waals surface area contributed by atoms with Crippen molar-refractivity contribution in [3.8, 4) is 11.3 Å². The van der Waals surface area contributed by atoms with E-state index < -0.39 is 0 Å². The van der Waals surface area contributed by atoms with Gasteiger partial charge in [0.05, 0.1) is 11.2 Å². The molecule has 0 saturated carbocycles. The second-order valence-electron chi connectivity index (χ2n) is 7.93. The Kier molecular flexibility index (Phi) is 4.62. The summed E-state index contributed by atoms with van der Waals surface area (Å²) < 4.78 is 7.28. The van der Waals surface area contributed by atoms with E-state index in [-0.39, 0.29) is 17.2 Å². The lowest BCUT2D eigenvalue weighted by molar-refractivity contribution is 0.0912. The molecule has 0 aliphatic heterocycles. The smallest absolute Gasteiger partial charge is 0.309 e. The first kappa shape index (κ1) is 18.8. The molecular weight excluding hydrogens is 368 g/mol. The molecule has 0 atom stereocenters. The molecule has 8 heteroatoms. The molecule has 0 spiro atoms. The monoisotopic (exact) mass is 390 g/mol. The first-order valence-corrected chi connectivity index (χ1v) is 9.33. The zero-order chi connectivity index (χ0) is 20.6. The van der Waals surface area contributed by atoms with E-state index in [0.717, 1.165) is 27.9 Å². The molecule has 0 radical (unpaired) electrons. The van der Waals surface area contributed by atoms with E-state index in [4.69, 9.17) is 4.42 Å². The van der Waals surface area contributed by atoms with Gasteiger partial charge in [0.25, 0.3) is 0 Å². The molecule has 1 aromatic carbocycles. The molecule has 1 amide bonds. The average Bonchev–Trinajstić information content (AvgIpc) is 3.35. The van der Waals surface area contributed by atoms with Gasteiger partial charge in [-0.2, -0.15) is 5.10 Å². The highest BCUT2D eigenvalue weighted by Crippen LogP contribution is 2.24. The van der Waals surface area contributed by atoms with Gasteiger partial charge in [0.15, 0.2) is 0 Å². The summed E-state index contributed by atoms with van der Waals surface area (Å²) in [5.41, 5.74) is 4.55. The van der Waals surface area contributed by atoms with Gasteiger partial charge in [0.2, 0.25) is 5.89 Å². The number of benzene rings is 1. The third-order valence-corrected chi connectivity index (χ3v) is 4.65. The molecule has 0 unspecified atom stereocenters. The van der Waals surface area contributed by atoms with Gasteiger partial charge in [-0.1, -0.05) is 32.9 Å². The van der Waals surface area contributed by atoms with E-state index in [1.807, 2.05) is 58.2 Å². The molecule has 3 aromatic heterocycles. The van der Waals surface area contributed by atoms with E-state index >= 15 is 0 Å². The SMILES string of the molecule is Cc1cc(-c2ncnn3cccc23)ccc1CNC(=O)c1nnc(C(C)(C)C)o1. The van der Waals surface area contributed by atoms with E-state index in [1.54, 1.807) is 10.8 Å². The first-order valence-electron chi connectivity index (χ1n) is 9.33. The van der Waals surface area contributed by atoms with Gasteiger partial charge in [-0.05, 0) is 36.2 Å². The van der Waals surface area contributed by atoms with Crippen LogP contribution in [0.2, 0.25) is 0 Å². The van der Waals surface area contributed by atoms with E-state index in [0.29, 0.717) is 12.4 Å². The standard InChI is InChI=1S/C21H22N6O2/c1-13-10-14(17-16-6-5-9-27(16)24-12-23-17)7-8-15(13)11-22-18(28)19-25-26-20(29-19)21(2,3)4/h5-10,12H,11H2,1-4H3,(H,22,28). The number of carbonyl (C=O) groups is 1. The molecular formula is C21H22N6O2. The van der Waals surface area contributed by atoms with Gasteiger partial charge in [-0.25, -0.2) is 9.50 Å². The highest BCUT2D eigenvalue weighted by molar-refractivity contribution is 5.89. The summed E-state index contributed by atoms with van der Waals surface area (Å²) in [6.45, 7) is 8.22. The number of fused-ring (bicyclic) bond motifs is 1. The van der Waals surface area contributed by atoms with Crippen LogP contribution in [0.15, 0.2) is 47.3 Å². The van der Waals surface area contributed by atoms with Gasteiger partial charge in [0, 0.05) is 23.7 Å². The van der Waals surface area contributed by atoms with E-state index in [2.05, 4.69) is 31.7 Å². The normalized spacial score (nSPS) is 11.7. The van der Waals surface area contributed by atoms with Crippen LogP contribution in [-0.4, -0.2) is 30.7 Å². The Labute approximate surface area is 168 Å². The van der Waals surface area contributed by atoms with Gasteiger partial charge in [-0.15, -0.1) is 10.2 Å². The van der Waals surface area contributed by atoms with Crippen molar-refractivity contribution in [2.75, 3.05) is 0 Å². The highest BCUT2D eigenvalue weighted by Gasteiger charge is 2.24. The van der Waals surface area contributed by atoms with Crippen LogP contribution in [0, 0.1) is 6.92 Å². The Balaban J connectivity index is 1.50. The van der Waals surface area contributed by atoms with Gasteiger partial charge >= 0.3 is 11.8 Å². The van der Waals surface area contributed by atoms with Crippen molar-refractivity contribution < 1.29 is 9.21 Å². The molecule has 4 aromatic rings. The van der Waals surface area contributed by atoms with Crippen molar-refractivity contribution in [2.24, 2.45) is 0 Å². The Bertz CT molecular complexity index is 1190. The molecule has 29 heavy (non-hydrogen) atoms. The van der Waals surface area contributed by atoms with E-state index in [9.17, 15) is 4.79 Å². The molecule has 0 aliphatic carbocycles. The second kappa shape index (κ2) is 7.12. The summed E-state index contributed by atoms with van der Waals surface area (Å²) in [7, 11) is 0. The van der Waals surface area contributed by atoms with Crippen molar-refractivity contribution in [2.45, 2.75) is 39.7 Å². The molecule has 8 nitrogen and oxygen atoms in total. The minimum Gasteiger partial charge on any atom is -0.416 e. The molecule has 0 fully saturated rings. The lowest BCUT2D eigenvalue weighted by Gasteiger charge is -2.11. The van der Waals surface area contributed by atoms with E-state index in [1.165, 1.54) is 0 Å². The summed E-state index contributed by atoms with van der Waals surface area (Å²) in [4.78, 5) is 16.8. The van der Waals surface area contributed by atoms with Crippen LogP contribution in [0.5, 0.6) is 0 Å². The number of carbonyl (C=O) groups excluding carboxylic acids is 1. The quantitative estimate of drug-likeness (QED) is 0.574. The zero-order valence-corrected chi connectivity index (χ0v) is 16.8. The lowest BCUT2D eigenvalue weighted by atomic mass is 9.97. The summed E-state index contributed by atoms with van der Waals surface area (Å²) in [6, 6.07) is 9.96. The summed E-state index contributed by atoms with van der Waals surface area (Å²) >= 11 is 0. The predicted molar refractivity (Wildman–Crippen MR) is 107 cm³/mol. The molecule has 0 aliphatic rings. The van der Waals surface area contributed by atoms with Crippen molar-refractivity contribution in [1.82, 2.24) is 30.1 Å². The minimum absolute atomic E-state index is 0.0270. The Morgan fingerprint density at radius 2 is 2.03 bits per heavy atom. The average molecular weight is 390 g/mol. The Hall–Kier alpha value is -3.55. The lowest BCUT2D eigenvalue weighted by Crippen LogP contribution is -2.23. The number of nitrogens with one attached hydrogen (secondary N) is 1. The maximum absolute atomic E-state index is 12.3. The van der Waals surface area contributed by atoms with Gasteiger partial charge in [-0.3, -0.25) is 4.79 Å². The molecule has 0 bridgehead atoms. The largest absolute Gasteiger partial charge is 0.416 e. The van der Waals surface area contributed by atoms with Crippen LogP contribution in [0.1, 0.15) is 48.5 Å². The highest BCUT2D eigenvalue weighted by atomic mass is 16.4. The third kappa shape index (κ3) is 3.73. The van der Waals surface area contributed by atoms with Gasteiger partial charge in [0.1, 0.15) is 6.33 Å². The van der Waals surface area contributed by atoms with Crippen molar-refractivity contribution in [3.63, 3.8) is 0 Å². The van der Waals surface area contributed by atoms with Gasteiger partial charge < -0.3 is 9.73 Å². The maximum atomic E-state index is 12.3. The van der Waals surface area contributed by atoms with Crippen molar-refractivity contribution in [1.29, 1.82) is 0 Å². The minimum atomic E-state index is -0.387. The van der Waals surface area contributed by atoms with Crippen LogP contribution < -0.4 is 5.32 Å². The van der Waals surface area contributed by atoms with Crippen LogP contribution in [0.25, 0.3) is 16.8 Å². The number of hydrogen-bond acceptors (Lipinski definition) is 6. The number of hydrogen-bond donors (Lipinski definition) is 1. The van der Waals surface area contributed by atoms with Crippen LogP contribution in [0.4, 0.5) is 0 Å². The van der Waals surface area contributed by atoms with Crippen molar-refractivity contribution >= 4 is 11.4 Å². The van der Waals surface area contributed by atoms with Crippen LogP contribution in [-0.2, 0) is 12.0 Å².